The van der Waals surface area contributed by atoms with Crippen molar-refractivity contribution in [3.63, 3.8) is 0 Å². The van der Waals surface area contributed by atoms with E-state index in [2.05, 4.69) is 31.4 Å². The molecule has 0 saturated heterocycles. The van der Waals surface area contributed by atoms with E-state index in [0.717, 1.165) is 22.3 Å². The van der Waals surface area contributed by atoms with Gasteiger partial charge >= 0.3 is 0 Å². The summed E-state index contributed by atoms with van der Waals surface area (Å²) in [6, 6.07) is 8.37. The van der Waals surface area contributed by atoms with Crippen molar-refractivity contribution in [1.82, 2.24) is 15.5 Å². The minimum Gasteiger partial charge on any atom is -0.339 e. The summed E-state index contributed by atoms with van der Waals surface area (Å²) in [6.07, 6.45) is 3.50. The first-order chi connectivity index (χ1) is 9.29. The van der Waals surface area contributed by atoms with Gasteiger partial charge in [-0.3, -0.25) is 0 Å². The Hall–Kier alpha value is -1.20. The number of benzene rings is 1. The highest BCUT2D eigenvalue weighted by molar-refractivity contribution is 9.10. The Morgan fingerprint density at radius 1 is 1.32 bits per heavy atom. The van der Waals surface area contributed by atoms with Crippen molar-refractivity contribution in [2.45, 2.75) is 31.2 Å². The zero-order valence-corrected chi connectivity index (χ0v) is 12.4. The second-order valence-corrected chi connectivity index (χ2v) is 5.72. The number of aromatic nitrogens is 2. The third-order valence-electron chi connectivity index (χ3n) is 3.76. The molecule has 1 heterocycles. The predicted octanol–water partition coefficient (Wildman–Crippen LogP) is 3.35. The number of likely N-dealkylation sites (N-methyl/N-ethyl adjacent to an activating group) is 1. The summed E-state index contributed by atoms with van der Waals surface area (Å²) in [5.41, 5.74) is 0.969. The minimum atomic E-state index is 0.341. The monoisotopic (exact) mass is 321 g/mol. The fourth-order valence-electron chi connectivity index (χ4n) is 2.74. The van der Waals surface area contributed by atoms with Crippen LogP contribution in [0.1, 0.15) is 31.1 Å². The highest BCUT2D eigenvalue weighted by Crippen LogP contribution is 2.35. The van der Waals surface area contributed by atoms with E-state index >= 15 is 0 Å². The Kier molecular flexibility index (Phi) is 3.66. The molecule has 0 radical (unpaired) electrons. The fraction of sp³-hybridized carbons (Fsp3) is 0.429. The van der Waals surface area contributed by atoms with E-state index in [9.17, 15) is 0 Å². The highest BCUT2D eigenvalue weighted by Gasteiger charge is 2.32. The number of nitrogens with one attached hydrogen (secondary N) is 1. The van der Waals surface area contributed by atoms with E-state index in [4.69, 9.17) is 4.52 Å². The molecule has 1 fully saturated rings. The molecule has 2 unspecified atom stereocenters. The van der Waals surface area contributed by atoms with Gasteiger partial charge in [-0.15, -0.1) is 0 Å². The summed E-state index contributed by atoms with van der Waals surface area (Å²) in [5.74, 6) is 1.75. The molecule has 1 N–H and O–H groups in total. The molecular formula is C14H16BrN3O. The lowest BCUT2D eigenvalue weighted by atomic mass is 10.0. The van der Waals surface area contributed by atoms with Crippen molar-refractivity contribution in [1.29, 1.82) is 0 Å². The third kappa shape index (κ3) is 2.44. The van der Waals surface area contributed by atoms with Gasteiger partial charge in [0.25, 0.3) is 0 Å². The number of hydrogen-bond donors (Lipinski definition) is 1. The van der Waals surface area contributed by atoms with E-state index in [1.807, 2.05) is 31.3 Å². The highest BCUT2D eigenvalue weighted by atomic mass is 79.9. The molecule has 5 heteroatoms. The van der Waals surface area contributed by atoms with Crippen molar-refractivity contribution < 1.29 is 4.52 Å². The van der Waals surface area contributed by atoms with Crippen molar-refractivity contribution in [2.24, 2.45) is 0 Å². The van der Waals surface area contributed by atoms with Crippen molar-refractivity contribution in [2.75, 3.05) is 7.05 Å². The van der Waals surface area contributed by atoms with Gasteiger partial charge in [-0.1, -0.05) is 39.6 Å². The zero-order chi connectivity index (χ0) is 13.2. The van der Waals surface area contributed by atoms with Crippen LogP contribution in [0.5, 0.6) is 0 Å². The van der Waals surface area contributed by atoms with Gasteiger partial charge in [0.1, 0.15) is 0 Å². The molecule has 1 saturated carbocycles. The largest absolute Gasteiger partial charge is 0.339 e. The molecule has 1 aromatic carbocycles. The lowest BCUT2D eigenvalue weighted by Gasteiger charge is -2.14. The molecular weight excluding hydrogens is 306 g/mol. The molecule has 1 aromatic heterocycles. The maximum Gasteiger partial charge on any atom is 0.231 e. The minimum absolute atomic E-state index is 0.341. The third-order valence-corrected chi connectivity index (χ3v) is 4.45. The van der Waals surface area contributed by atoms with Crippen LogP contribution in [0.2, 0.25) is 0 Å². The quantitative estimate of drug-likeness (QED) is 0.941. The lowest BCUT2D eigenvalue weighted by Crippen LogP contribution is -2.27. The second kappa shape index (κ2) is 5.43. The van der Waals surface area contributed by atoms with Crippen molar-refractivity contribution >= 4 is 15.9 Å². The van der Waals surface area contributed by atoms with Gasteiger partial charge < -0.3 is 9.84 Å². The Bertz CT molecular complexity index is 569. The normalized spacial score (nSPS) is 22.8. The molecule has 19 heavy (non-hydrogen) atoms. The zero-order valence-electron chi connectivity index (χ0n) is 10.8. The molecule has 1 aliphatic rings. The van der Waals surface area contributed by atoms with Crippen LogP contribution in [0.15, 0.2) is 33.3 Å². The molecule has 0 bridgehead atoms. The van der Waals surface area contributed by atoms with E-state index in [-0.39, 0.29) is 0 Å². The van der Waals surface area contributed by atoms with E-state index in [0.29, 0.717) is 17.8 Å². The van der Waals surface area contributed by atoms with Crippen molar-refractivity contribution in [3.05, 3.63) is 34.6 Å². The van der Waals surface area contributed by atoms with Crippen LogP contribution in [-0.4, -0.2) is 23.2 Å². The van der Waals surface area contributed by atoms with Crippen LogP contribution < -0.4 is 5.32 Å². The SMILES string of the molecule is CNC1CCCC1c1nc(-c2ccccc2Br)no1. The first-order valence-corrected chi connectivity index (χ1v) is 7.34. The molecule has 0 spiro atoms. The summed E-state index contributed by atoms with van der Waals surface area (Å²) in [7, 11) is 1.99. The van der Waals surface area contributed by atoms with Gasteiger partial charge in [-0.2, -0.15) is 4.98 Å². The number of hydrogen-bond acceptors (Lipinski definition) is 4. The Balaban J connectivity index is 1.90. The standard InChI is InChI=1S/C14H16BrN3O/c1-16-12-8-4-6-10(12)14-17-13(18-19-14)9-5-2-3-7-11(9)15/h2-3,5,7,10,12,16H,4,6,8H2,1H3. The topological polar surface area (TPSA) is 51.0 Å². The summed E-state index contributed by atoms with van der Waals surface area (Å²) in [5, 5.41) is 7.45. The van der Waals surface area contributed by atoms with Gasteiger partial charge in [-0.25, -0.2) is 0 Å². The van der Waals surface area contributed by atoms with Gasteiger partial charge in [-0.05, 0) is 32.0 Å². The lowest BCUT2D eigenvalue weighted by molar-refractivity contribution is 0.335. The van der Waals surface area contributed by atoms with Gasteiger partial charge in [0, 0.05) is 16.1 Å². The first-order valence-electron chi connectivity index (χ1n) is 6.55. The van der Waals surface area contributed by atoms with Gasteiger partial charge in [0.05, 0.1) is 5.92 Å². The maximum atomic E-state index is 5.47. The Morgan fingerprint density at radius 3 is 2.95 bits per heavy atom. The molecule has 0 aliphatic heterocycles. The molecule has 4 nitrogen and oxygen atoms in total. The molecule has 3 rings (SSSR count). The summed E-state index contributed by atoms with van der Waals surface area (Å²) < 4.78 is 6.45. The summed E-state index contributed by atoms with van der Waals surface area (Å²) in [4.78, 5) is 4.57. The van der Waals surface area contributed by atoms with E-state index in [1.165, 1.54) is 12.8 Å². The van der Waals surface area contributed by atoms with Crippen LogP contribution in [-0.2, 0) is 0 Å². The Labute approximate surface area is 120 Å². The average molecular weight is 322 g/mol. The van der Waals surface area contributed by atoms with E-state index < -0.39 is 0 Å². The maximum absolute atomic E-state index is 5.47. The van der Waals surface area contributed by atoms with Crippen LogP contribution in [0.4, 0.5) is 0 Å². The van der Waals surface area contributed by atoms with E-state index in [1.54, 1.807) is 0 Å². The second-order valence-electron chi connectivity index (χ2n) is 4.87. The Morgan fingerprint density at radius 2 is 2.16 bits per heavy atom. The van der Waals surface area contributed by atoms with Gasteiger partial charge in [0.2, 0.25) is 11.7 Å². The predicted molar refractivity (Wildman–Crippen MR) is 76.9 cm³/mol. The van der Waals surface area contributed by atoms with Crippen LogP contribution >= 0.6 is 15.9 Å². The molecule has 100 valence electrons. The number of halogens is 1. The average Bonchev–Trinajstić information content (AvgIpc) is 3.07. The van der Waals surface area contributed by atoms with Crippen LogP contribution in [0.25, 0.3) is 11.4 Å². The fourth-order valence-corrected chi connectivity index (χ4v) is 3.20. The molecule has 0 amide bonds. The molecule has 1 aliphatic carbocycles. The van der Waals surface area contributed by atoms with Crippen molar-refractivity contribution in [3.8, 4) is 11.4 Å². The van der Waals surface area contributed by atoms with Crippen LogP contribution in [0, 0.1) is 0 Å². The molecule has 2 atom stereocenters. The smallest absolute Gasteiger partial charge is 0.231 e. The number of rotatable bonds is 3. The van der Waals surface area contributed by atoms with Crippen LogP contribution in [0.3, 0.4) is 0 Å². The van der Waals surface area contributed by atoms with Gasteiger partial charge in [0.15, 0.2) is 0 Å². The summed E-state index contributed by atoms with van der Waals surface area (Å²) >= 11 is 3.52. The number of nitrogens with zero attached hydrogens (tertiary/aromatic N) is 2. The summed E-state index contributed by atoms with van der Waals surface area (Å²) in [6.45, 7) is 0. The first kappa shape index (κ1) is 12.8. The molecule has 2 aromatic rings.